The third kappa shape index (κ3) is 2.03. The fourth-order valence-corrected chi connectivity index (χ4v) is 2.19. The summed E-state index contributed by atoms with van der Waals surface area (Å²) in [6.45, 7) is 0. The van der Waals surface area contributed by atoms with Crippen LogP contribution < -0.4 is 5.73 Å². The molecule has 72 valence electrons. The summed E-state index contributed by atoms with van der Waals surface area (Å²) in [7, 11) is 0. The molecule has 0 aliphatic rings. The third-order valence-electron chi connectivity index (χ3n) is 1.96. The van der Waals surface area contributed by atoms with E-state index in [1.165, 1.54) is 0 Å². The number of nitrogens with two attached hydrogens (primary N) is 1. The largest absolute Gasteiger partial charge is 0.320 e. The first-order valence-electron chi connectivity index (χ1n) is 4.18. The van der Waals surface area contributed by atoms with E-state index in [-0.39, 0.29) is 6.04 Å². The van der Waals surface area contributed by atoms with Crippen LogP contribution in [0.1, 0.15) is 16.5 Å². The van der Waals surface area contributed by atoms with Gasteiger partial charge in [-0.25, -0.2) is 4.98 Å². The molecule has 0 radical (unpaired) electrons. The lowest BCUT2D eigenvalue weighted by molar-refractivity contribution is 0.882. The zero-order chi connectivity index (χ0) is 9.97. The molecular formula is C10H9BrN2S. The number of nitrogens with zero attached hydrogens (tertiary/aromatic N) is 1. The summed E-state index contributed by atoms with van der Waals surface area (Å²) >= 11 is 4.96. The SMILES string of the molecule is N[C@@H](c1ccc(Br)nc1)c1cccs1. The molecule has 0 saturated carbocycles. The summed E-state index contributed by atoms with van der Waals surface area (Å²) in [6, 6.07) is 7.88. The van der Waals surface area contributed by atoms with Gasteiger partial charge in [-0.05, 0) is 39.0 Å². The first kappa shape index (κ1) is 9.83. The molecule has 1 atom stereocenters. The highest BCUT2D eigenvalue weighted by molar-refractivity contribution is 9.10. The van der Waals surface area contributed by atoms with Gasteiger partial charge in [0.05, 0.1) is 6.04 Å². The highest BCUT2D eigenvalue weighted by atomic mass is 79.9. The standard InChI is InChI=1S/C10H9BrN2S/c11-9-4-3-7(6-13-9)10(12)8-2-1-5-14-8/h1-6,10H,12H2/t10-/m0/s1. The molecule has 0 spiro atoms. The van der Waals surface area contributed by atoms with E-state index in [1.807, 2.05) is 29.6 Å². The molecule has 0 bridgehead atoms. The normalized spacial score (nSPS) is 12.7. The molecule has 0 fully saturated rings. The van der Waals surface area contributed by atoms with Crippen LogP contribution in [0.15, 0.2) is 40.4 Å². The van der Waals surface area contributed by atoms with Gasteiger partial charge in [-0.1, -0.05) is 12.1 Å². The number of pyridine rings is 1. The Morgan fingerprint density at radius 3 is 2.79 bits per heavy atom. The minimum absolute atomic E-state index is 0.0596. The Balaban J connectivity index is 2.28. The fourth-order valence-electron chi connectivity index (χ4n) is 1.20. The van der Waals surface area contributed by atoms with Crippen molar-refractivity contribution in [3.05, 3.63) is 50.9 Å². The van der Waals surface area contributed by atoms with Crippen molar-refractivity contribution in [1.29, 1.82) is 0 Å². The predicted molar refractivity (Wildman–Crippen MR) is 62.3 cm³/mol. The molecule has 4 heteroatoms. The van der Waals surface area contributed by atoms with E-state index in [4.69, 9.17) is 5.73 Å². The Bertz CT molecular complexity index is 397. The number of aromatic nitrogens is 1. The van der Waals surface area contributed by atoms with Crippen LogP contribution in [0.5, 0.6) is 0 Å². The van der Waals surface area contributed by atoms with Crippen LogP contribution in [0.4, 0.5) is 0 Å². The van der Waals surface area contributed by atoms with Crippen molar-refractivity contribution in [2.75, 3.05) is 0 Å². The van der Waals surface area contributed by atoms with Gasteiger partial charge in [-0.3, -0.25) is 0 Å². The van der Waals surface area contributed by atoms with Crippen molar-refractivity contribution in [1.82, 2.24) is 4.98 Å². The molecule has 14 heavy (non-hydrogen) atoms. The number of thiophene rings is 1. The smallest absolute Gasteiger partial charge is 0.106 e. The van der Waals surface area contributed by atoms with Gasteiger partial charge in [0.15, 0.2) is 0 Å². The highest BCUT2D eigenvalue weighted by Crippen LogP contribution is 2.23. The quantitative estimate of drug-likeness (QED) is 0.851. The third-order valence-corrected chi connectivity index (χ3v) is 3.38. The van der Waals surface area contributed by atoms with E-state index in [2.05, 4.69) is 20.9 Å². The van der Waals surface area contributed by atoms with Crippen molar-refractivity contribution >= 4 is 27.3 Å². The second kappa shape index (κ2) is 4.21. The van der Waals surface area contributed by atoms with E-state index in [0.717, 1.165) is 15.0 Å². The van der Waals surface area contributed by atoms with Crippen molar-refractivity contribution < 1.29 is 0 Å². The first-order chi connectivity index (χ1) is 6.77. The molecule has 2 aromatic rings. The minimum Gasteiger partial charge on any atom is -0.320 e. The van der Waals surface area contributed by atoms with Gasteiger partial charge in [0.1, 0.15) is 4.60 Å². The monoisotopic (exact) mass is 268 g/mol. The summed E-state index contributed by atoms with van der Waals surface area (Å²) in [6.07, 6.45) is 1.80. The molecule has 0 unspecified atom stereocenters. The summed E-state index contributed by atoms with van der Waals surface area (Å²) in [4.78, 5) is 5.31. The molecule has 2 N–H and O–H groups in total. The van der Waals surface area contributed by atoms with Crippen molar-refractivity contribution in [3.63, 3.8) is 0 Å². The van der Waals surface area contributed by atoms with Crippen LogP contribution in [0.2, 0.25) is 0 Å². The average molecular weight is 269 g/mol. The first-order valence-corrected chi connectivity index (χ1v) is 5.85. The molecule has 0 saturated heterocycles. The summed E-state index contributed by atoms with van der Waals surface area (Å²) in [5.41, 5.74) is 7.10. The topological polar surface area (TPSA) is 38.9 Å². The van der Waals surface area contributed by atoms with Gasteiger partial charge in [-0.15, -0.1) is 11.3 Å². The number of halogens is 1. The summed E-state index contributed by atoms with van der Waals surface area (Å²) in [5.74, 6) is 0. The number of hydrogen-bond acceptors (Lipinski definition) is 3. The lowest BCUT2D eigenvalue weighted by atomic mass is 10.1. The van der Waals surface area contributed by atoms with Crippen LogP contribution in [-0.2, 0) is 0 Å². The summed E-state index contributed by atoms with van der Waals surface area (Å²) < 4.78 is 0.833. The molecule has 0 aliphatic heterocycles. The lowest BCUT2D eigenvalue weighted by Crippen LogP contribution is -2.10. The average Bonchev–Trinajstić information content (AvgIpc) is 2.71. The van der Waals surface area contributed by atoms with E-state index < -0.39 is 0 Å². The van der Waals surface area contributed by atoms with Crippen molar-refractivity contribution in [2.45, 2.75) is 6.04 Å². The molecule has 2 nitrogen and oxygen atoms in total. The maximum atomic E-state index is 6.07. The predicted octanol–water partition coefficient (Wildman–Crippen LogP) is 2.95. The van der Waals surface area contributed by atoms with E-state index in [0.29, 0.717) is 0 Å². The Hall–Kier alpha value is -0.710. The van der Waals surface area contributed by atoms with Crippen LogP contribution in [-0.4, -0.2) is 4.98 Å². The van der Waals surface area contributed by atoms with Gasteiger partial charge >= 0.3 is 0 Å². The van der Waals surface area contributed by atoms with Crippen LogP contribution in [0.25, 0.3) is 0 Å². The molecule has 2 rings (SSSR count). The number of rotatable bonds is 2. The molecule has 0 aromatic carbocycles. The molecule has 0 aliphatic carbocycles. The molecule has 2 heterocycles. The zero-order valence-electron chi connectivity index (χ0n) is 7.35. The van der Waals surface area contributed by atoms with Gasteiger partial charge < -0.3 is 5.73 Å². The molecular weight excluding hydrogens is 260 g/mol. The van der Waals surface area contributed by atoms with Gasteiger partial charge in [0, 0.05) is 11.1 Å². The number of hydrogen-bond donors (Lipinski definition) is 1. The van der Waals surface area contributed by atoms with E-state index >= 15 is 0 Å². The Labute approximate surface area is 94.9 Å². The van der Waals surface area contributed by atoms with Crippen molar-refractivity contribution in [2.24, 2.45) is 5.73 Å². The van der Waals surface area contributed by atoms with Gasteiger partial charge in [0.25, 0.3) is 0 Å². The van der Waals surface area contributed by atoms with E-state index in [9.17, 15) is 0 Å². The highest BCUT2D eigenvalue weighted by Gasteiger charge is 2.09. The second-order valence-corrected chi connectivity index (χ2v) is 4.70. The zero-order valence-corrected chi connectivity index (χ0v) is 9.75. The fraction of sp³-hybridized carbons (Fsp3) is 0.100. The molecule has 0 amide bonds. The van der Waals surface area contributed by atoms with Crippen LogP contribution in [0.3, 0.4) is 0 Å². The maximum absolute atomic E-state index is 6.07. The van der Waals surface area contributed by atoms with Crippen LogP contribution >= 0.6 is 27.3 Å². The molecule has 2 aromatic heterocycles. The van der Waals surface area contributed by atoms with Crippen molar-refractivity contribution in [3.8, 4) is 0 Å². The Morgan fingerprint density at radius 2 is 2.21 bits per heavy atom. The maximum Gasteiger partial charge on any atom is 0.106 e. The Morgan fingerprint density at radius 1 is 1.36 bits per heavy atom. The van der Waals surface area contributed by atoms with Crippen LogP contribution in [0, 0.1) is 0 Å². The second-order valence-electron chi connectivity index (χ2n) is 2.91. The van der Waals surface area contributed by atoms with E-state index in [1.54, 1.807) is 17.5 Å². The minimum atomic E-state index is -0.0596. The van der Waals surface area contributed by atoms with Gasteiger partial charge in [-0.2, -0.15) is 0 Å². The van der Waals surface area contributed by atoms with Gasteiger partial charge in [0.2, 0.25) is 0 Å². The lowest BCUT2D eigenvalue weighted by Gasteiger charge is -2.08. The Kier molecular flexibility index (Phi) is 2.96. The summed E-state index contributed by atoms with van der Waals surface area (Å²) in [5, 5.41) is 2.03.